The third kappa shape index (κ3) is 5.20. The number of aryl methyl sites for hydroxylation is 1. The molecule has 1 aromatic heterocycles. The van der Waals surface area contributed by atoms with E-state index in [1.165, 1.54) is 11.3 Å². The number of carbonyl (C=O) groups is 1. The molecule has 0 atom stereocenters. The molecule has 0 spiro atoms. The minimum Gasteiger partial charge on any atom is -0.308 e. The number of thiazole rings is 1. The standard InChI is InChI=1S/C16H21ClN4OS/c1-4-21(5-2)9-13-10-23-16(19-13)20-15(22)18-12-7-6-11(3)14(17)8-12/h6-8,10H,4-5,9H2,1-3H3,(H2,18,19,20,22). The summed E-state index contributed by atoms with van der Waals surface area (Å²) >= 11 is 7.47. The van der Waals surface area contributed by atoms with Gasteiger partial charge in [0.05, 0.1) is 5.69 Å². The highest BCUT2D eigenvalue weighted by Crippen LogP contribution is 2.21. The Morgan fingerprint density at radius 1 is 1.30 bits per heavy atom. The lowest BCUT2D eigenvalue weighted by Crippen LogP contribution is -2.22. The van der Waals surface area contributed by atoms with E-state index in [4.69, 9.17) is 11.6 Å². The largest absolute Gasteiger partial charge is 0.325 e. The molecular formula is C16H21ClN4OS. The third-order valence-electron chi connectivity index (χ3n) is 3.48. The van der Waals surface area contributed by atoms with Crippen molar-refractivity contribution in [3.05, 3.63) is 39.9 Å². The summed E-state index contributed by atoms with van der Waals surface area (Å²) in [5.41, 5.74) is 2.59. The van der Waals surface area contributed by atoms with Crippen molar-refractivity contribution in [1.29, 1.82) is 0 Å². The second-order valence-corrected chi connectivity index (χ2v) is 6.41. The van der Waals surface area contributed by atoms with Crippen molar-refractivity contribution in [3.63, 3.8) is 0 Å². The maximum Gasteiger partial charge on any atom is 0.325 e. The number of nitrogens with one attached hydrogen (secondary N) is 2. The first-order valence-electron chi connectivity index (χ1n) is 7.52. The topological polar surface area (TPSA) is 57.3 Å². The van der Waals surface area contributed by atoms with Crippen LogP contribution in [0.2, 0.25) is 5.02 Å². The van der Waals surface area contributed by atoms with Gasteiger partial charge in [-0.3, -0.25) is 10.2 Å². The minimum atomic E-state index is -0.325. The van der Waals surface area contributed by atoms with Crippen LogP contribution in [0.3, 0.4) is 0 Å². The fourth-order valence-electron chi connectivity index (χ4n) is 2.04. The van der Waals surface area contributed by atoms with E-state index in [2.05, 4.69) is 34.4 Å². The molecular weight excluding hydrogens is 332 g/mol. The number of hydrogen-bond acceptors (Lipinski definition) is 4. The molecule has 1 aromatic carbocycles. The zero-order valence-electron chi connectivity index (χ0n) is 13.5. The molecule has 0 saturated heterocycles. The summed E-state index contributed by atoms with van der Waals surface area (Å²) in [4.78, 5) is 18.7. The molecule has 0 aliphatic heterocycles. The number of hydrogen-bond donors (Lipinski definition) is 2. The molecule has 0 aliphatic carbocycles. The number of amides is 2. The van der Waals surface area contributed by atoms with Crippen LogP contribution in [0.15, 0.2) is 23.6 Å². The van der Waals surface area contributed by atoms with E-state index in [0.29, 0.717) is 15.8 Å². The van der Waals surface area contributed by atoms with Gasteiger partial charge in [-0.15, -0.1) is 11.3 Å². The lowest BCUT2D eigenvalue weighted by atomic mass is 10.2. The number of halogens is 1. The quantitative estimate of drug-likeness (QED) is 0.799. The number of rotatable bonds is 6. The number of urea groups is 1. The fraction of sp³-hybridized carbons (Fsp3) is 0.375. The first kappa shape index (κ1) is 17.7. The van der Waals surface area contributed by atoms with Gasteiger partial charge in [-0.25, -0.2) is 9.78 Å². The maximum atomic E-state index is 12.0. The summed E-state index contributed by atoms with van der Waals surface area (Å²) < 4.78 is 0. The van der Waals surface area contributed by atoms with Crippen LogP contribution in [0.4, 0.5) is 15.6 Å². The zero-order chi connectivity index (χ0) is 16.8. The molecule has 0 aliphatic rings. The van der Waals surface area contributed by atoms with Crippen molar-refractivity contribution >= 4 is 39.8 Å². The molecule has 7 heteroatoms. The van der Waals surface area contributed by atoms with Crippen molar-refractivity contribution < 1.29 is 4.79 Å². The summed E-state index contributed by atoms with van der Waals surface area (Å²) in [6.07, 6.45) is 0. The van der Waals surface area contributed by atoms with E-state index in [1.54, 1.807) is 6.07 Å². The summed E-state index contributed by atoms with van der Waals surface area (Å²) in [7, 11) is 0. The molecule has 2 amide bonds. The molecule has 23 heavy (non-hydrogen) atoms. The highest BCUT2D eigenvalue weighted by atomic mass is 35.5. The van der Waals surface area contributed by atoms with Crippen LogP contribution in [0, 0.1) is 6.92 Å². The van der Waals surface area contributed by atoms with Gasteiger partial charge in [-0.05, 0) is 37.7 Å². The van der Waals surface area contributed by atoms with E-state index in [9.17, 15) is 4.79 Å². The summed E-state index contributed by atoms with van der Waals surface area (Å²) in [6.45, 7) is 8.90. The molecule has 2 rings (SSSR count). The van der Waals surface area contributed by atoms with Crippen molar-refractivity contribution in [3.8, 4) is 0 Å². The highest BCUT2D eigenvalue weighted by Gasteiger charge is 2.09. The monoisotopic (exact) mass is 352 g/mol. The molecule has 0 unspecified atom stereocenters. The van der Waals surface area contributed by atoms with Gasteiger partial charge >= 0.3 is 6.03 Å². The average molecular weight is 353 g/mol. The predicted octanol–water partition coefficient (Wildman–Crippen LogP) is 4.59. The Labute approximate surface area is 145 Å². The average Bonchev–Trinajstić information content (AvgIpc) is 2.95. The third-order valence-corrected chi connectivity index (χ3v) is 4.70. The number of carbonyl (C=O) groups excluding carboxylic acids is 1. The van der Waals surface area contributed by atoms with Gasteiger partial charge in [-0.2, -0.15) is 0 Å². The smallest absolute Gasteiger partial charge is 0.308 e. The second kappa shape index (κ2) is 8.29. The summed E-state index contributed by atoms with van der Waals surface area (Å²) in [5.74, 6) is 0. The van der Waals surface area contributed by atoms with Gasteiger partial charge in [0.1, 0.15) is 0 Å². The van der Waals surface area contributed by atoms with Crippen molar-refractivity contribution in [1.82, 2.24) is 9.88 Å². The van der Waals surface area contributed by atoms with Crippen molar-refractivity contribution in [2.45, 2.75) is 27.3 Å². The maximum absolute atomic E-state index is 12.0. The van der Waals surface area contributed by atoms with Gasteiger partial charge in [0, 0.05) is 22.6 Å². The normalized spacial score (nSPS) is 10.8. The van der Waals surface area contributed by atoms with Crippen LogP contribution in [0.5, 0.6) is 0 Å². The van der Waals surface area contributed by atoms with Crippen LogP contribution in [0.25, 0.3) is 0 Å². The lowest BCUT2D eigenvalue weighted by Gasteiger charge is -2.15. The molecule has 5 nitrogen and oxygen atoms in total. The molecule has 2 aromatic rings. The molecule has 0 fully saturated rings. The van der Waals surface area contributed by atoms with Gasteiger partial charge in [-0.1, -0.05) is 31.5 Å². The molecule has 0 bridgehead atoms. The Morgan fingerprint density at radius 3 is 2.70 bits per heavy atom. The lowest BCUT2D eigenvalue weighted by molar-refractivity contribution is 0.262. The van der Waals surface area contributed by atoms with Crippen LogP contribution < -0.4 is 10.6 Å². The Balaban J connectivity index is 1.92. The van der Waals surface area contributed by atoms with E-state index >= 15 is 0 Å². The highest BCUT2D eigenvalue weighted by molar-refractivity contribution is 7.13. The van der Waals surface area contributed by atoms with Crippen LogP contribution in [-0.4, -0.2) is 29.0 Å². The van der Waals surface area contributed by atoms with E-state index in [0.717, 1.165) is 30.9 Å². The number of aromatic nitrogens is 1. The predicted molar refractivity (Wildman–Crippen MR) is 97.6 cm³/mol. The number of anilines is 2. The van der Waals surface area contributed by atoms with E-state index in [1.807, 2.05) is 24.4 Å². The van der Waals surface area contributed by atoms with Gasteiger partial charge in [0.25, 0.3) is 0 Å². The Bertz CT molecular complexity index is 670. The van der Waals surface area contributed by atoms with Crippen LogP contribution >= 0.6 is 22.9 Å². The fourth-order valence-corrected chi connectivity index (χ4v) is 2.92. The summed E-state index contributed by atoms with van der Waals surface area (Å²) in [6, 6.07) is 5.08. The second-order valence-electron chi connectivity index (χ2n) is 5.15. The van der Waals surface area contributed by atoms with E-state index < -0.39 is 0 Å². The molecule has 1 heterocycles. The molecule has 0 radical (unpaired) electrons. The minimum absolute atomic E-state index is 0.325. The Morgan fingerprint density at radius 2 is 2.04 bits per heavy atom. The molecule has 2 N–H and O–H groups in total. The van der Waals surface area contributed by atoms with E-state index in [-0.39, 0.29) is 6.03 Å². The van der Waals surface area contributed by atoms with Crippen molar-refractivity contribution in [2.75, 3.05) is 23.7 Å². The van der Waals surface area contributed by atoms with Gasteiger partial charge in [0.15, 0.2) is 5.13 Å². The Hall–Kier alpha value is -1.63. The first-order chi connectivity index (χ1) is 11.0. The van der Waals surface area contributed by atoms with Crippen LogP contribution in [-0.2, 0) is 6.54 Å². The van der Waals surface area contributed by atoms with Gasteiger partial charge < -0.3 is 5.32 Å². The van der Waals surface area contributed by atoms with Crippen LogP contribution in [0.1, 0.15) is 25.1 Å². The first-order valence-corrected chi connectivity index (χ1v) is 8.78. The molecule has 124 valence electrons. The number of nitrogens with zero attached hydrogens (tertiary/aromatic N) is 2. The molecule has 0 saturated carbocycles. The SMILES string of the molecule is CCN(CC)Cc1csc(NC(=O)Nc2ccc(C)c(Cl)c2)n1. The van der Waals surface area contributed by atoms with Crippen molar-refractivity contribution in [2.24, 2.45) is 0 Å². The summed E-state index contributed by atoms with van der Waals surface area (Å²) in [5, 5.41) is 8.68. The Kier molecular flexibility index (Phi) is 6.38. The number of benzene rings is 1. The van der Waals surface area contributed by atoms with Gasteiger partial charge in [0.2, 0.25) is 0 Å². The zero-order valence-corrected chi connectivity index (χ0v) is 15.1.